The van der Waals surface area contributed by atoms with Crippen LogP contribution in [0.4, 0.5) is 10.5 Å². The number of hydrogen-bond acceptors (Lipinski definition) is 3. The maximum atomic E-state index is 11.7. The van der Waals surface area contributed by atoms with Gasteiger partial charge in [0.25, 0.3) is 0 Å². The second-order valence-corrected chi connectivity index (χ2v) is 6.63. The van der Waals surface area contributed by atoms with Crippen molar-refractivity contribution >= 4 is 34.4 Å². The molecule has 0 aromatic heterocycles. The number of carbonyl (C=O) groups is 1. The van der Waals surface area contributed by atoms with Gasteiger partial charge in [0.15, 0.2) is 0 Å². The maximum absolute atomic E-state index is 11.7. The number of rotatable bonds is 6. The molecule has 0 fully saturated rings. The van der Waals surface area contributed by atoms with Gasteiger partial charge in [-0.2, -0.15) is 0 Å². The molecule has 0 spiro atoms. The summed E-state index contributed by atoms with van der Waals surface area (Å²) < 4.78 is 11.9. The molecule has 1 amide bonds. The van der Waals surface area contributed by atoms with Crippen LogP contribution < -0.4 is 10.1 Å². The Balaban J connectivity index is 2.13. The fourth-order valence-electron chi connectivity index (χ4n) is 2.32. The Morgan fingerprint density at radius 1 is 1.17 bits per heavy atom. The minimum atomic E-state index is -0.454. The summed E-state index contributed by atoms with van der Waals surface area (Å²) in [5.41, 5.74) is 4.02. The molecule has 24 heavy (non-hydrogen) atoms. The molecule has 4 nitrogen and oxygen atoms in total. The summed E-state index contributed by atoms with van der Waals surface area (Å²) in [6.45, 7) is 6.67. The highest BCUT2D eigenvalue weighted by atomic mass is 127. The van der Waals surface area contributed by atoms with E-state index in [2.05, 4.69) is 47.0 Å². The molecule has 1 N–H and O–H groups in total. The van der Waals surface area contributed by atoms with Gasteiger partial charge in [-0.25, -0.2) is 4.79 Å². The summed E-state index contributed by atoms with van der Waals surface area (Å²) in [6.07, 6.45) is 0.551. The van der Waals surface area contributed by atoms with Crippen LogP contribution in [0.1, 0.15) is 30.5 Å². The van der Waals surface area contributed by atoms with Gasteiger partial charge in [-0.05, 0) is 72.2 Å². The van der Waals surface area contributed by atoms with Gasteiger partial charge >= 0.3 is 6.09 Å². The molecule has 2 aromatic carbocycles. The third-order valence-electron chi connectivity index (χ3n) is 3.61. The number of halogens is 1. The van der Waals surface area contributed by atoms with Gasteiger partial charge in [-0.15, -0.1) is 0 Å². The molecule has 0 bridgehead atoms. The highest BCUT2D eigenvalue weighted by Gasteiger charge is 2.10. The van der Waals surface area contributed by atoms with Gasteiger partial charge in [-0.3, -0.25) is 5.32 Å². The predicted molar refractivity (Wildman–Crippen MR) is 105 cm³/mol. The molecule has 5 heteroatoms. The fraction of sp³-hybridized carbons (Fsp3) is 0.316. The average molecular weight is 439 g/mol. The minimum Gasteiger partial charge on any atom is -0.489 e. The Bertz CT molecular complexity index is 716. The Hall–Kier alpha value is -1.76. The van der Waals surface area contributed by atoms with E-state index in [4.69, 9.17) is 9.47 Å². The number of nitrogens with one attached hydrogen (secondary N) is 1. The molecule has 0 aliphatic carbocycles. The first-order chi connectivity index (χ1) is 11.5. The van der Waals surface area contributed by atoms with E-state index in [9.17, 15) is 4.79 Å². The summed E-state index contributed by atoms with van der Waals surface area (Å²) in [5.74, 6) is 0.854. The first-order valence-electron chi connectivity index (χ1n) is 7.98. The van der Waals surface area contributed by atoms with Crippen molar-refractivity contribution in [2.75, 3.05) is 11.9 Å². The first kappa shape index (κ1) is 18.6. The summed E-state index contributed by atoms with van der Waals surface area (Å²) in [7, 11) is 0. The Morgan fingerprint density at radius 3 is 2.62 bits per heavy atom. The number of benzene rings is 2. The predicted octanol–water partition coefficient (Wildman–Crippen LogP) is 5.31. The SMILES string of the molecule is CCOC(=O)Nc1cc(I)ccc1COc1ccc(CC)cc1C. The number of aryl methyl sites for hydroxylation is 2. The van der Waals surface area contributed by atoms with E-state index in [1.165, 1.54) is 5.56 Å². The van der Waals surface area contributed by atoms with Crippen LogP contribution in [0.2, 0.25) is 0 Å². The monoisotopic (exact) mass is 439 g/mol. The van der Waals surface area contributed by atoms with E-state index in [0.29, 0.717) is 18.9 Å². The summed E-state index contributed by atoms with van der Waals surface area (Å²) in [5, 5.41) is 2.78. The number of amides is 1. The maximum Gasteiger partial charge on any atom is 0.411 e. The van der Waals surface area contributed by atoms with Crippen LogP contribution in [0.5, 0.6) is 5.75 Å². The largest absolute Gasteiger partial charge is 0.489 e. The van der Waals surface area contributed by atoms with Gasteiger partial charge in [-0.1, -0.05) is 25.1 Å². The molecule has 128 valence electrons. The number of carbonyl (C=O) groups excluding carboxylic acids is 1. The van der Waals surface area contributed by atoms with Crippen LogP contribution in [0.3, 0.4) is 0 Å². The second kappa shape index (κ2) is 8.92. The molecule has 0 aliphatic rings. The Morgan fingerprint density at radius 2 is 1.96 bits per heavy atom. The van der Waals surface area contributed by atoms with Gasteiger partial charge in [0, 0.05) is 9.13 Å². The van der Waals surface area contributed by atoms with Crippen molar-refractivity contribution in [3.05, 3.63) is 56.7 Å². The van der Waals surface area contributed by atoms with E-state index in [1.807, 2.05) is 31.2 Å². The fourth-order valence-corrected chi connectivity index (χ4v) is 2.81. The van der Waals surface area contributed by atoms with E-state index < -0.39 is 6.09 Å². The number of anilines is 1. The van der Waals surface area contributed by atoms with Crippen molar-refractivity contribution in [1.29, 1.82) is 0 Å². The highest BCUT2D eigenvalue weighted by Crippen LogP contribution is 2.24. The lowest BCUT2D eigenvalue weighted by molar-refractivity contribution is 0.168. The normalized spacial score (nSPS) is 10.3. The van der Waals surface area contributed by atoms with Crippen molar-refractivity contribution in [1.82, 2.24) is 0 Å². The molecule has 0 saturated carbocycles. The van der Waals surface area contributed by atoms with Crippen molar-refractivity contribution < 1.29 is 14.3 Å². The lowest BCUT2D eigenvalue weighted by atomic mass is 10.1. The van der Waals surface area contributed by atoms with E-state index in [-0.39, 0.29) is 0 Å². The molecular weight excluding hydrogens is 417 g/mol. The zero-order chi connectivity index (χ0) is 17.5. The highest BCUT2D eigenvalue weighted by molar-refractivity contribution is 14.1. The third kappa shape index (κ3) is 5.12. The second-order valence-electron chi connectivity index (χ2n) is 5.39. The Kier molecular flexibility index (Phi) is 6.90. The molecule has 0 saturated heterocycles. The Labute approximate surface area is 156 Å². The standard InChI is InChI=1S/C19H22INO3/c1-4-14-6-9-18(13(3)10-14)24-12-15-7-8-16(20)11-17(15)21-19(22)23-5-2/h6-11H,4-5,12H2,1-3H3,(H,21,22). The van der Waals surface area contributed by atoms with Crippen LogP contribution in [-0.4, -0.2) is 12.7 Å². The van der Waals surface area contributed by atoms with Gasteiger partial charge in [0.2, 0.25) is 0 Å². The minimum absolute atomic E-state index is 0.338. The topological polar surface area (TPSA) is 47.6 Å². The molecule has 0 radical (unpaired) electrons. The number of ether oxygens (including phenoxy) is 2. The van der Waals surface area contributed by atoms with E-state index in [0.717, 1.165) is 26.9 Å². The lowest BCUT2D eigenvalue weighted by Crippen LogP contribution is -2.15. The molecule has 0 unspecified atom stereocenters. The molecule has 0 aliphatic heterocycles. The first-order valence-corrected chi connectivity index (χ1v) is 9.05. The van der Waals surface area contributed by atoms with E-state index >= 15 is 0 Å². The van der Waals surface area contributed by atoms with Crippen molar-refractivity contribution in [3.63, 3.8) is 0 Å². The summed E-state index contributed by atoms with van der Waals surface area (Å²) >= 11 is 2.21. The molecule has 2 rings (SSSR count). The van der Waals surface area contributed by atoms with Crippen LogP contribution in [-0.2, 0) is 17.8 Å². The zero-order valence-electron chi connectivity index (χ0n) is 14.2. The van der Waals surface area contributed by atoms with Crippen molar-refractivity contribution in [3.8, 4) is 5.75 Å². The average Bonchev–Trinajstić information content (AvgIpc) is 2.55. The number of hydrogen-bond donors (Lipinski definition) is 1. The van der Waals surface area contributed by atoms with Crippen LogP contribution in [0.25, 0.3) is 0 Å². The zero-order valence-corrected chi connectivity index (χ0v) is 16.3. The van der Waals surface area contributed by atoms with Gasteiger partial charge in [0.05, 0.1) is 12.3 Å². The summed E-state index contributed by atoms with van der Waals surface area (Å²) in [4.78, 5) is 11.7. The van der Waals surface area contributed by atoms with Crippen molar-refractivity contribution in [2.45, 2.75) is 33.8 Å². The quantitative estimate of drug-likeness (QED) is 0.621. The molecule has 0 atom stereocenters. The third-order valence-corrected chi connectivity index (χ3v) is 4.29. The van der Waals surface area contributed by atoms with Gasteiger partial charge < -0.3 is 9.47 Å². The van der Waals surface area contributed by atoms with Gasteiger partial charge in [0.1, 0.15) is 12.4 Å². The van der Waals surface area contributed by atoms with E-state index in [1.54, 1.807) is 6.92 Å². The van der Waals surface area contributed by atoms with Crippen LogP contribution in [0, 0.1) is 10.5 Å². The van der Waals surface area contributed by atoms with Crippen LogP contribution >= 0.6 is 22.6 Å². The molecular formula is C19H22INO3. The smallest absolute Gasteiger partial charge is 0.411 e. The molecule has 0 heterocycles. The van der Waals surface area contributed by atoms with Crippen molar-refractivity contribution in [2.24, 2.45) is 0 Å². The van der Waals surface area contributed by atoms with Crippen LogP contribution in [0.15, 0.2) is 36.4 Å². The molecule has 2 aromatic rings. The summed E-state index contributed by atoms with van der Waals surface area (Å²) in [6, 6.07) is 12.1. The lowest BCUT2D eigenvalue weighted by Gasteiger charge is -2.14.